The Labute approximate surface area is 101 Å². The van der Waals surface area contributed by atoms with E-state index < -0.39 is 10.0 Å². The van der Waals surface area contributed by atoms with Gasteiger partial charge >= 0.3 is 0 Å². The number of aromatic nitrogens is 1. The van der Waals surface area contributed by atoms with E-state index in [9.17, 15) is 8.42 Å². The minimum absolute atomic E-state index is 0.0264. The molecule has 1 heterocycles. The van der Waals surface area contributed by atoms with Crippen LogP contribution in [0.15, 0.2) is 29.4 Å². The molecule has 96 valence electrons. The molecule has 0 unspecified atom stereocenters. The third-order valence-electron chi connectivity index (χ3n) is 1.94. The van der Waals surface area contributed by atoms with Crippen LogP contribution in [0.1, 0.15) is 6.42 Å². The molecular weight excluding hydrogens is 244 g/mol. The Bertz CT molecular complexity index is 408. The van der Waals surface area contributed by atoms with Crippen LogP contribution in [-0.2, 0) is 14.8 Å². The molecule has 1 aromatic rings. The van der Waals surface area contributed by atoms with E-state index in [1.54, 1.807) is 6.07 Å². The van der Waals surface area contributed by atoms with Gasteiger partial charge in [0.2, 0.25) is 10.0 Å². The minimum Gasteiger partial charge on any atom is -0.394 e. The summed E-state index contributed by atoms with van der Waals surface area (Å²) >= 11 is 0. The second-order valence-electron chi connectivity index (χ2n) is 3.28. The van der Waals surface area contributed by atoms with Crippen molar-refractivity contribution < 1.29 is 18.3 Å². The molecule has 0 radical (unpaired) electrons. The van der Waals surface area contributed by atoms with Crippen molar-refractivity contribution in [2.24, 2.45) is 0 Å². The average Bonchev–Trinajstić information content (AvgIpc) is 2.35. The van der Waals surface area contributed by atoms with Crippen molar-refractivity contribution in [1.29, 1.82) is 0 Å². The van der Waals surface area contributed by atoms with Crippen molar-refractivity contribution in [3.8, 4) is 0 Å². The van der Waals surface area contributed by atoms with E-state index in [1.807, 2.05) is 0 Å². The zero-order chi connectivity index (χ0) is 12.6. The Hall–Kier alpha value is -1.02. The Kier molecular flexibility index (Phi) is 6.06. The van der Waals surface area contributed by atoms with Crippen LogP contribution >= 0.6 is 0 Å². The lowest BCUT2D eigenvalue weighted by Crippen LogP contribution is -2.25. The van der Waals surface area contributed by atoms with Crippen LogP contribution < -0.4 is 4.72 Å². The van der Waals surface area contributed by atoms with Crippen LogP contribution in [0.25, 0.3) is 0 Å². The van der Waals surface area contributed by atoms with Gasteiger partial charge < -0.3 is 9.84 Å². The summed E-state index contributed by atoms with van der Waals surface area (Å²) in [5, 5.41) is 8.46. The fourth-order valence-electron chi connectivity index (χ4n) is 1.14. The van der Waals surface area contributed by atoms with E-state index in [-0.39, 0.29) is 18.1 Å². The van der Waals surface area contributed by atoms with Crippen molar-refractivity contribution >= 4 is 10.0 Å². The number of sulfonamides is 1. The van der Waals surface area contributed by atoms with E-state index in [2.05, 4.69) is 9.71 Å². The van der Waals surface area contributed by atoms with Crippen molar-refractivity contribution in [3.05, 3.63) is 24.5 Å². The van der Waals surface area contributed by atoms with Crippen molar-refractivity contribution in [1.82, 2.24) is 9.71 Å². The standard InChI is InChI=1S/C10H16N2O4S/c13-6-8-16-7-2-5-12-17(14,15)10-3-1-4-11-9-10/h1,3-4,9,12-13H,2,5-8H2. The highest BCUT2D eigenvalue weighted by Crippen LogP contribution is 2.04. The molecule has 1 aromatic heterocycles. The number of hydrogen-bond acceptors (Lipinski definition) is 5. The van der Waals surface area contributed by atoms with E-state index in [1.165, 1.54) is 18.5 Å². The molecule has 6 nitrogen and oxygen atoms in total. The van der Waals surface area contributed by atoms with Gasteiger partial charge in [-0.2, -0.15) is 0 Å². The number of nitrogens with one attached hydrogen (secondary N) is 1. The first-order valence-electron chi connectivity index (χ1n) is 5.25. The third-order valence-corrected chi connectivity index (χ3v) is 3.38. The summed E-state index contributed by atoms with van der Waals surface area (Å²) < 4.78 is 30.8. The Balaban J connectivity index is 2.31. The predicted octanol–water partition coefficient (Wildman–Crippen LogP) is -0.241. The lowest BCUT2D eigenvalue weighted by Gasteiger charge is -2.06. The summed E-state index contributed by atoms with van der Waals surface area (Å²) in [4.78, 5) is 3.90. The highest BCUT2D eigenvalue weighted by atomic mass is 32.2. The number of ether oxygens (including phenoxy) is 1. The molecule has 2 N–H and O–H groups in total. The van der Waals surface area contributed by atoms with Gasteiger partial charge in [-0.3, -0.25) is 4.98 Å². The molecule has 0 spiro atoms. The van der Waals surface area contributed by atoms with Gasteiger partial charge in [0.1, 0.15) is 4.90 Å². The summed E-state index contributed by atoms with van der Waals surface area (Å²) in [6, 6.07) is 3.05. The molecule has 1 rings (SSSR count). The molecule has 7 heteroatoms. The van der Waals surface area contributed by atoms with Crippen LogP contribution in [0.4, 0.5) is 0 Å². The van der Waals surface area contributed by atoms with Gasteiger partial charge in [-0.1, -0.05) is 0 Å². The first kappa shape index (κ1) is 14.0. The molecule has 0 fully saturated rings. The topological polar surface area (TPSA) is 88.5 Å². The summed E-state index contributed by atoms with van der Waals surface area (Å²) in [5.41, 5.74) is 0. The van der Waals surface area contributed by atoms with Gasteiger partial charge in [0.05, 0.1) is 13.2 Å². The molecule has 0 saturated heterocycles. The number of hydrogen-bond donors (Lipinski definition) is 2. The Morgan fingerprint density at radius 3 is 2.88 bits per heavy atom. The SMILES string of the molecule is O=S(=O)(NCCCOCCO)c1cccnc1. The summed E-state index contributed by atoms with van der Waals surface area (Å²) in [6.45, 7) is 0.954. The second kappa shape index (κ2) is 7.33. The molecule has 17 heavy (non-hydrogen) atoms. The smallest absolute Gasteiger partial charge is 0.242 e. The summed E-state index contributed by atoms with van der Waals surface area (Å²) in [7, 11) is -3.47. The first-order chi connectivity index (χ1) is 8.17. The predicted molar refractivity (Wildman–Crippen MR) is 61.9 cm³/mol. The normalized spacial score (nSPS) is 11.6. The third kappa shape index (κ3) is 5.22. The lowest BCUT2D eigenvalue weighted by atomic mass is 10.5. The largest absolute Gasteiger partial charge is 0.394 e. The van der Waals surface area contributed by atoms with Crippen LogP contribution in [-0.4, -0.2) is 44.9 Å². The van der Waals surface area contributed by atoms with Crippen molar-refractivity contribution in [2.45, 2.75) is 11.3 Å². The molecule has 0 aliphatic rings. The van der Waals surface area contributed by atoms with E-state index in [0.717, 1.165) is 0 Å². The number of rotatable bonds is 8. The fraction of sp³-hybridized carbons (Fsp3) is 0.500. The molecule has 0 aromatic carbocycles. The van der Waals surface area contributed by atoms with E-state index in [4.69, 9.17) is 9.84 Å². The average molecular weight is 260 g/mol. The van der Waals surface area contributed by atoms with E-state index >= 15 is 0 Å². The molecule has 0 atom stereocenters. The minimum atomic E-state index is -3.47. The van der Waals surface area contributed by atoms with Gasteiger partial charge in [0, 0.05) is 25.5 Å². The Morgan fingerprint density at radius 2 is 2.24 bits per heavy atom. The van der Waals surface area contributed by atoms with Gasteiger partial charge in [-0.25, -0.2) is 13.1 Å². The second-order valence-corrected chi connectivity index (χ2v) is 5.04. The maximum Gasteiger partial charge on any atom is 0.242 e. The van der Waals surface area contributed by atoms with E-state index in [0.29, 0.717) is 19.6 Å². The summed E-state index contributed by atoms with van der Waals surface area (Å²) in [6.07, 6.45) is 3.37. The van der Waals surface area contributed by atoms with Gasteiger partial charge in [-0.15, -0.1) is 0 Å². The molecule has 0 aliphatic carbocycles. The monoisotopic (exact) mass is 260 g/mol. The number of nitrogens with zero attached hydrogens (tertiary/aromatic N) is 1. The molecule has 0 bridgehead atoms. The summed E-state index contributed by atoms with van der Waals surface area (Å²) in [5.74, 6) is 0. The van der Waals surface area contributed by atoms with Crippen LogP contribution in [0, 0.1) is 0 Å². The van der Waals surface area contributed by atoms with Crippen LogP contribution in [0.5, 0.6) is 0 Å². The first-order valence-corrected chi connectivity index (χ1v) is 6.73. The quantitative estimate of drug-likeness (QED) is 0.630. The maximum atomic E-state index is 11.7. The Morgan fingerprint density at radius 1 is 1.41 bits per heavy atom. The fourth-order valence-corrected chi connectivity index (χ4v) is 2.17. The van der Waals surface area contributed by atoms with Crippen LogP contribution in [0.2, 0.25) is 0 Å². The number of aliphatic hydroxyl groups excluding tert-OH is 1. The molecule has 0 amide bonds. The molecule has 0 saturated carbocycles. The van der Waals surface area contributed by atoms with Crippen LogP contribution in [0.3, 0.4) is 0 Å². The highest BCUT2D eigenvalue weighted by molar-refractivity contribution is 7.89. The van der Waals surface area contributed by atoms with Gasteiger partial charge in [0.25, 0.3) is 0 Å². The van der Waals surface area contributed by atoms with Crippen molar-refractivity contribution in [2.75, 3.05) is 26.4 Å². The maximum absolute atomic E-state index is 11.7. The van der Waals surface area contributed by atoms with Gasteiger partial charge in [-0.05, 0) is 18.6 Å². The zero-order valence-corrected chi connectivity index (χ0v) is 10.2. The highest BCUT2D eigenvalue weighted by Gasteiger charge is 2.12. The zero-order valence-electron chi connectivity index (χ0n) is 9.37. The molecule has 0 aliphatic heterocycles. The number of aliphatic hydroxyl groups is 1. The lowest BCUT2D eigenvalue weighted by molar-refractivity contribution is 0.0913. The van der Waals surface area contributed by atoms with Crippen molar-refractivity contribution in [3.63, 3.8) is 0 Å². The molecular formula is C10H16N2O4S. The number of pyridine rings is 1. The van der Waals surface area contributed by atoms with Gasteiger partial charge in [0.15, 0.2) is 0 Å².